The van der Waals surface area contributed by atoms with E-state index in [1.54, 1.807) is 0 Å². The summed E-state index contributed by atoms with van der Waals surface area (Å²) in [6, 6.07) is 0. The Labute approximate surface area is 135 Å². The van der Waals surface area contributed by atoms with Gasteiger partial charge in [-0.1, -0.05) is 39.0 Å². The molecule has 3 nitrogen and oxygen atoms in total. The molecule has 0 aromatic heterocycles. The third-order valence-corrected chi connectivity index (χ3v) is 5.89. The predicted octanol–water partition coefficient (Wildman–Crippen LogP) is 3.08. The molecule has 1 N–H and O–H groups in total. The average Bonchev–Trinajstić information content (AvgIpc) is 3.06. The number of nitrogens with one attached hydrogen (secondary N) is 1. The number of carbonyl (C=O) groups excluding carboxylic acids is 1. The van der Waals surface area contributed by atoms with Crippen molar-refractivity contribution < 1.29 is 4.79 Å². The van der Waals surface area contributed by atoms with E-state index in [1.807, 2.05) is 0 Å². The fourth-order valence-electron chi connectivity index (χ4n) is 4.56. The third-order valence-electron chi connectivity index (χ3n) is 5.89. The van der Waals surface area contributed by atoms with Crippen molar-refractivity contribution in [3.05, 3.63) is 0 Å². The fraction of sp³-hybridized carbons (Fsp3) is 0.941. The van der Waals surface area contributed by atoms with Gasteiger partial charge in [0, 0.05) is 32.1 Å². The molecule has 0 bridgehead atoms. The van der Waals surface area contributed by atoms with Crippen LogP contribution in [0.2, 0.25) is 0 Å². The summed E-state index contributed by atoms with van der Waals surface area (Å²) in [6.07, 6.45) is 9.07. The highest BCUT2D eigenvalue weighted by Gasteiger charge is 2.39. The second kappa shape index (κ2) is 7.82. The minimum Gasteiger partial charge on any atom is -0.342 e. The number of halogens is 1. The van der Waals surface area contributed by atoms with Crippen LogP contribution in [-0.4, -0.2) is 37.0 Å². The van der Waals surface area contributed by atoms with Crippen LogP contribution in [0.1, 0.15) is 51.9 Å². The van der Waals surface area contributed by atoms with Crippen LogP contribution in [0.4, 0.5) is 0 Å². The molecule has 122 valence electrons. The molecule has 1 amide bonds. The summed E-state index contributed by atoms with van der Waals surface area (Å²) in [7, 11) is 0. The number of carbonyl (C=O) groups is 1. The minimum atomic E-state index is 0. The highest BCUT2D eigenvalue weighted by Crippen LogP contribution is 2.33. The summed E-state index contributed by atoms with van der Waals surface area (Å²) in [5, 5.41) is 3.45. The smallest absolute Gasteiger partial charge is 0.225 e. The van der Waals surface area contributed by atoms with Crippen LogP contribution in [0.5, 0.6) is 0 Å². The molecule has 2 aliphatic heterocycles. The summed E-state index contributed by atoms with van der Waals surface area (Å²) in [5.41, 5.74) is 0. The normalized spacial score (nSPS) is 30.8. The Morgan fingerprint density at radius 3 is 2.33 bits per heavy atom. The van der Waals surface area contributed by atoms with Gasteiger partial charge in [0.2, 0.25) is 5.91 Å². The molecule has 0 radical (unpaired) electrons. The molecule has 3 aliphatic rings. The third kappa shape index (κ3) is 3.92. The van der Waals surface area contributed by atoms with Crippen molar-refractivity contribution in [3.63, 3.8) is 0 Å². The van der Waals surface area contributed by atoms with Crippen molar-refractivity contribution in [2.75, 3.05) is 26.2 Å². The first-order valence-corrected chi connectivity index (χ1v) is 8.77. The summed E-state index contributed by atoms with van der Waals surface area (Å²) < 4.78 is 0. The molecule has 0 spiro atoms. The lowest BCUT2D eigenvalue weighted by atomic mass is 9.81. The van der Waals surface area contributed by atoms with Crippen molar-refractivity contribution in [1.82, 2.24) is 10.2 Å². The Kier molecular flexibility index (Phi) is 6.36. The van der Waals surface area contributed by atoms with Gasteiger partial charge in [0.05, 0.1) is 0 Å². The molecule has 3 atom stereocenters. The Balaban J connectivity index is 0.00000161. The second-order valence-corrected chi connectivity index (χ2v) is 7.27. The van der Waals surface area contributed by atoms with Gasteiger partial charge in [-0.3, -0.25) is 4.79 Å². The van der Waals surface area contributed by atoms with Crippen LogP contribution in [-0.2, 0) is 4.79 Å². The van der Waals surface area contributed by atoms with Gasteiger partial charge in [-0.25, -0.2) is 0 Å². The zero-order valence-corrected chi connectivity index (χ0v) is 14.2. The summed E-state index contributed by atoms with van der Waals surface area (Å²) in [6.45, 7) is 6.46. The molecule has 1 unspecified atom stereocenters. The largest absolute Gasteiger partial charge is 0.342 e. The van der Waals surface area contributed by atoms with Gasteiger partial charge in [-0.15, -0.1) is 12.4 Å². The zero-order valence-electron chi connectivity index (χ0n) is 13.4. The summed E-state index contributed by atoms with van der Waals surface area (Å²) in [4.78, 5) is 15.0. The fourth-order valence-corrected chi connectivity index (χ4v) is 4.56. The van der Waals surface area contributed by atoms with E-state index in [4.69, 9.17) is 0 Å². The number of likely N-dealkylation sites (tertiary alicyclic amines) is 1. The van der Waals surface area contributed by atoms with Crippen molar-refractivity contribution in [2.45, 2.75) is 51.9 Å². The Bertz CT molecular complexity index is 332. The molecule has 21 heavy (non-hydrogen) atoms. The molecular weight excluding hydrogens is 284 g/mol. The average molecular weight is 315 g/mol. The Hall–Kier alpha value is -0.280. The molecule has 4 heteroatoms. The maximum atomic E-state index is 12.8. The molecular formula is C17H31ClN2O. The van der Waals surface area contributed by atoms with Crippen LogP contribution in [0, 0.1) is 23.7 Å². The van der Waals surface area contributed by atoms with Gasteiger partial charge < -0.3 is 10.2 Å². The van der Waals surface area contributed by atoms with E-state index in [-0.39, 0.29) is 12.4 Å². The lowest BCUT2D eigenvalue weighted by molar-refractivity contribution is -0.135. The molecule has 3 fully saturated rings. The predicted molar refractivity (Wildman–Crippen MR) is 88.7 cm³/mol. The summed E-state index contributed by atoms with van der Waals surface area (Å²) >= 11 is 0. The number of amides is 1. The standard InChI is InChI=1S/C17H30N2O.ClH/c1-2-14(8-13-6-4-3-5-7-13)17(20)19-11-15-9-18-10-16(15)12-19;/h13-16,18H,2-12H2,1H3;1H/t14?,15-,16+;. The van der Waals surface area contributed by atoms with E-state index >= 15 is 0 Å². The number of hydrogen-bond donors (Lipinski definition) is 1. The lowest BCUT2D eigenvalue weighted by Crippen LogP contribution is -2.37. The van der Waals surface area contributed by atoms with Crippen molar-refractivity contribution >= 4 is 18.3 Å². The highest BCUT2D eigenvalue weighted by molar-refractivity contribution is 5.85. The molecule has 0 aromatic rings. The molecule has 2 saturated heterocycles. The van der Waals surface area contributed by atoms with Crippen molar-refractivity contribution in [3.8, 4) is 0 Å². The number of nitrogens with zero attached hydrogens (tertiary/aromatic N) is 1. The van der Waals surface area contributed by atoms with Crippen LogP contribution in [0.25, 0.3) is 0 Å². The van der Waals surface area contributed by atoms with Gasteiger partial charge in [0.1, 0.15) is 0 Å². The van der Waals surface area contributed by atoms with Gasteiger partial charge in [-0.05, 0) is 30.6 Å². The Morgan fingerprint density at radius 2 is 1.76 bits per heavy atom. The van der Waals surface area contributed by atoms with Gasteiger partial charge >= 0.3 is 0 Å². The first-order valence-electron chi connectivity index (χ1n) is 8.77. The highest BCUT2D eigenvalue weighted by atomic mass is 35.5. The molecule has 1 saturated carbocycles. The topological polar surface area (TPSA) is 32.3 Å². The maximum Gasteiger partial charge on any atom is 0.225 e. The quantitative estimate of drug-likeness (QED) is 0.865. The number of fused-ring (bicyclic) bond motifs is 1. The van der Waals surface area contributed by atoms with Gasteiger partial charge in [-0.2, -0.15) is 0 Å². The van der Waals surface area contributed by atoms with Crippen LogP contribution < -0.4 is 5.32 Å². The first-order chi connectivity index (χ1) is 9.78. The molecule has 3 rings (SSSR count). The first kappa shape index (κ1) is 17.1. The number of rotatable bonds is 4. The Morgan fingerprint density at radius 1 is 1.14 bits per heavy atom. The molecule has 2 heterocycles. The van der Waals surface area contributed by atoms with Crippen LogP contribution >= 0.6 is 12.4 Å². The summed E-state index contributed by atoms with van der Waals surface area (Å²) in [5.74, 6) is 3.04. The van der Waals surface area contributed by atoms with Crippen LogP contribution in [0.15, 0.2) is 0 Å². The SMILES string of the molecule is CCC(CC1CCCCC1)C(=O)N1C[C@H]2CNC[C@H]2C1.Cl. The van der Waals surface area contributed by atoms with Crippen molar-refractivity contribution in [2.24, 2.45) is 23.7 Å². The van der Waals surface area contributed by atoms with E-state index in [0.29, 0.717) is 11.8 Å². The lowest BCUT2D eigenvalue weighted by Gasteiger charge is -2.28. The second-order valence-electron chi connectivity index (χ2n) is 7.27. The van der Waals surface area contributed by atoms with Gasteiger partial charge in [0.25, 0.3) is 0 Å². The maximum absolute atomic E-state index is 12.8. The molecule has 1 aliphatic carbocycles. The minimum absolute atomic E-state index is 0. The van der Waals surface area contributed by atoms with Crippen molar-refractivity contribution in [1.29, 1.82) is 0 Å². The van der Waals surface area contributed by atoms with Crippen LogP contribution in [0.3, 0.4) is 0 Å². The van der Waals surface area contributed by atoms with E-state index in [2.05, 4.69) is 17.1 Å². The van der Waals surface area contributed by atoms with E-state index in [0.717, 1.165) is 56.8 Å². The van der Waals surface area contributed by atoms with E-state index < -0.39 is 0 Å². The van der Waals surface area contributed by atoms with Gasteiger partial charge in [0.15, 0.2) is 0 Å². The van der Waals surface area contributed by atoms with E-state index in [1.165, 1.54) is 32.1 Å². The number of hydrogen-bond acceptors (Lipinski definition) is 2. The zero-order chi connectivity index (χ0) is 13.9. The van der Waals surface area contributed by atoms with E-state index in [9.17, 15) is 4.79 Å². The monoisotopic (exact) mass is 314 g/mol. The molecule has 0 aromatic carbocycles.